The van der Waals surface area contributed by atoms with Crippen LogP contribution in [0, 0.1) is 0 Å². The molecule has 0 spiro atoms. The summed E-state index contributed by atoms with van der Waals surface area (Å²) in [6.07, 6.45) is 1.20. The molecule has 0 heterocycles. The van der Waals surface area contributed by atoms with Crippen molar-refractivity contribution in [2.45, 2.75) is 9.79 Å². The maximum Gasteiger partial charge on any atom is 1.00 e. The minimum absolute atomic E-state index is 0. The minimum Gasteiger partial charge on any atom is -0.507 e. The average Bonchev–Trinajstić information content (AvgIpc) is 2.58. The maximum atomic E-state index is 11.6. The van der Waals surface area contributed by atoms with Gasteiger partial charge in [-0.3, -0.25) is 14.1 Å². The summed E-state index contributed by atoms with van der Waals surface area (Å²) in [6, 6.07) is 9.77. The van der Waals surface area contributed by atoms with E-state index in [9.17, 15) is 36.2 Å². The van der Waals surface area contributed by atoms with Crippen LogP contribution < -0.4 is 29.6 Å². The van der Waals surface area contributed by atoms with Gasteiger partial charge in [0.15, 0.2) is 0 Å². The van der Waals surface area contributed by atoms with Gasteiger partial charge in [0.05, 0.1) is 15.5 Å². The molecule has 0 aliphatic rings. The van der Waals surface area contributed by atoms with E-state index in [0.29, 0.717) is 5.56 Å². The molecule has 0 aliphatic carbocycles. The van der Waals surface area contributed by atoms with Gasteiger partial charge in [0, 0.05) is 23.2 Å². The molecule has 3 rings (SSSR count). The van der Waals surface area contributed by atoms with Gasteiger partial charge in [-0.15, -0.1) is 0 Å². The molecule has 12 heteroatoms. The summed E-state index contributed by atoms with van der Waals surface area (Å²) >= 11 is 0. The molecule has 0 radical (unpaired) electrons. The number of hydrogen-bond donors (Lipinski definition) is 4. The number of rotatable bonds is 4. The van der Waals surface area contributed by atoms with Crippen molar-refractivity contribution in [3.05, 3.63) is 54.1 Å². The number of nitrogens with zero attached hydrogens (tertiary/aromatic N) is 1. The van der Waals surface area contributed by atoms with Crippen molar-refractivity contribution < 1.29 is 65.7 Å². The Hall–Kier alpha value is -1.99. The van der Waals surface area contributed by atoms with Gasteiger partial charge in [0.2, 0.25) is 0 Å². The molecule has 0 unspecified atom stereocenters. The molecule has 146 valence electrons. The predicted octanol–water partition coefficient (Wildman–Crippen LogP) is -0.501. The Labute approximate surface area is 188 Å². The molecule has 0 saturated carbocycles. The third-order valence-corrected chi connectivity index (χ3v) is 5.49. The standard InChI is InChI=1S/C17H13NO8S2.Na/c19-15-4-2-1-3-10(15)9-18-14-7-12(27(21,22)23)5-11-6-13(28(24,25)26)8-16(20)17(11)14;/h1-9,19-20H,(H,21,22,23)(H,24,25,26);/q;+1. The summed E-state index contributed by atoms with van der Waals surface area (Å²) in [6.45, 7) is 0. The molecule has 3 aromatic carbocycles. The fraction of sp³-hybridized carbons (Fsp3) is 0. The van der Waals surface area contributed by atoms with Crippen LogP contribution in [-0.4, -0.2) is 42.4 Å². The van der Waals surface area contributed by atoms with Crippen LogP contribution in [0.2, 0.25) is 0 Å². The van der Waals surface area contributed by atoms with E-state index in [1.54, 1.807) is 12.1 Å². The fourth-order valence-corrected chi connectivity index (χ4v) is 3.63. The first kappa shape index (κ1) is 23.3. The van der Waals surface area contributed by atoms with E-state index in [1.807, 2.05) is 0 Å². The quantitative estimate of drug-likeness (QED) is 0.237. The van der Waals surface area contributed by atoms with Crippen LogP contribution in [0.3, 0.4) is 0 Å². The topological polar surface area (TPSA) is 162 Å². The molecule has 29 heavy (non-hydrogen) atoms. The van der Waals surface area contributed by atoms with E-state index in [4.69, 9.17) is 0 Å². The van der Waals surface area contributed by atoms with Gasteiger partial charge < -0.3 is 10.2 Å². The third kappa shape index (κ3) is 5.14. The molecule has 0 saturated heterocycles. The van der Waals surface area contributed by atoms with E-state index >= 15 is 0 Å². The van der Waals surface area contributed by atoms with Crippen LogP contribution in [0.15, 0.2) is 63.3 Å². The molecule has 0 aromatic heterocycles. The zero-order valence-corrected chi connectivity index (χ0v) is 18.5. The second-order valence-corrected chi connectivity index (χ2v) is 8.59. The normalized spacial score (nSPS) is 12.2. The second kappa shape index (κ2) is 8.40. The molecule has 0 fully saturated rings. The molecule has 3 aromatic rings. The summed E-state index contributed by atoms with van der Waals surface area (Å²) in [7, 11) is -9.37. The van der Waals surface area contributed by atoms with E-state index in [0.717, 1.165) is 24.3 Å². The number of para-hydroxylation sites is 1. The number of hydrogen-bond acceptors (Lipinski definition) is 7. The van der Waals surface area contributed by atoms with Crippen molar-refractivity contribution in [1.82, 2.24) is 0 Å². The van der Waals surface area contributed by atoms with E-state index in [2.05, 4.69) is 4.99 Å². The first-order valence-electron chi connectivity index (χ1n) is 7.54. The Morgan fingerprint density at radius 2 is 1.34 bits per heavy atom. The van der Waals surface area contributed by atoms with Gasteiger partial charge in [-0.2, -0.15) is 16.8 Å². The van der Waals surface area contributed by atoms with Crippen LogP contribution in [-0.2, 0) is 20.2 Å². The average molecular weight is 446 g/mol. The monoisotopic (exact) mass is 446 g/mol. The maximum absolute atomic E-state index is 11.6. The minimum atomic E-state index is -4.69. The van der Waals surface area contributed by atoms with Gasteiger partial charge in [-0.25, -0.2) is 0 Å². The van der Waals surface area contributed by atoms with Gasteiger partial charge in [-0.05, 0) is 35.7 Å². The van der Waals surface area contributed by atoms with E-state index in [1.165, 1.54) is 18.3 Å². The Bertz CT molecular complexity index is 1330. The van der Waals surface area contributed by atoms with E-state index < -0.39 is 35.8 Å². The fourth-order valence-electron chi connectivity index (χ4n) is 2.55. The van der Waals surface area contributed by atoms with Crippen molar-refractivity contribution in [2.75, 3.05) is 0 Å². The van der Waals surface area contributed by atoms with Crippen molar-refractivity contribution in [3.8, 4) is 11.5 Å². The summed E-state index contributed by atoms with van der Waals surface area (Å²) in [5, 5.41) is 19.9. The third-order valence-electron chi connectivity index (χ3n) is 3.83. The van der Waals surface area contributed by atoms with Crippen LogP contribution >= 0.6 is 0 Å². The molecular formula is C17H13NNaO8S2+. The van der Waals surface area contributed by atoms with Gasteiger partial charge in [-0.1, -0.05) is 12.1 Å². The molecule has 0 bridgehead atoms. The second-order valence-electron chi connectivity index (χ2n) is 5.75. The summed E-state index contributed by atoms with van der Waals surface area (Å²) in [5.41, 5.74) is 0.176. The van der Waals surface area contributed by atoms with Crippen molar-refractivity contribution in [1.29, 1.82) is 0 Å². The van der Waals surface area contributed by atoms with Crippen LogP contribution in [0.25, 0.3) is 10.8 Å². The van der Waals surface area contributed by atoms with Gasteiger partial charge in [0.25, 0.3) is 20.2 Å². The van der Waals surface area contributed by atoms with Crippen LogP contribution in [0.5, 0.6) is 11.5 Å². The summed E-state index contributed by atoms with van der Waals surface area (Å²) < 4.78 is 64.4. The predicted molar refractivity (Wildman–Crippen MR) is 101 cm³/mol. The zero-order valence-electron chi connectivity index (χ0n) is 14.9. The summed E-state index contributed by atoms with van der Waals surface area (Å²) in [5.74, 6) is -0.684. The van der Waals surface area contributed by atoms with Crippen molar-refractivity contribution >= 4 is 42.9 Å². The zero-order chi connectivity index (χ0) is 20.7. The molecule has 0 atom stereocenters. The Morgan fingerprint density at radius 3 is 1.90 bits per heavy atom. The first-order valence-corrected chi connectivity index (χ1v) is 10.4. The number of phenolic OH excluding ortho intramolecular Hbond substituents is 2. The number of aliphatic imine (C=N–C) groups is 1. The first-order chi connectivity index (χ1) is 13.0. The molecule has 9 nitrogen and oxygen atoms in total. The van der Waals surface area contributed by atoms with Gasteiger partial charge >= 0.3 is 29.6 Å². The van der Waals surface area contributed by atoms with Crippen molar-refractivity contribution in [2.24, 2.45) is 4.99 Å². The van der Waals surface area contributed by atoms with Crippen LogP contribution in [0.1, 0.15) is 5.56 Å². The van der Waals surface area contributed by atoms with Gasteiger partial charge in [0.1, 0.15) is 11.5 Å². The molecular weight excluding hydrogens is 433 g/mol. The molecule has 0 amide bonds. The number of aromatic hydroxyl groups is 2. The van der Waals surface area contributed by atoms with Crippen LogP contribution in [0.4, 0.5) is 5.69 Å². The van der Waals surface area contributed by atoms with Crippen molar-refractivity contribution in [3.63, 3.8) is 0 Å². The number of phenols is 2. The number of fused-ring (bicyclic) bond motifs is 1. The Kier molecular flexibility index (Phi) is 6.75. The largest absolute Gasteiger partial charge is 1.00 e. The smallest absolute Gasteiger partial charge is 0.507 e. The molecule has 0 aliphatic heterocycles. The summed E-state index contributed by atoms with van der Waals surface area (Å²) in [4.78, 5) is 2.79. The SMILES string of the molecule is O=S(=O)(O)c1cc(O)c2c(N=Cc3ccccc3O)cc(S(=O)(=O)O)cc2c1.[Na+]. The molecule has 4 N–H and O–H groups in total. The van der Waals surface area contributed by atoms with E-state index in [-0.39, 0.29) is 51.8 Å². The number of benzene rings is 3. The Balaban J connectivity index is 0.00000300. The Morgan fingerprint density at radius 1 is 0.793 bits per heavy atom.